The largest absolute Gasteiger partial charge is 0.492 e. The van der Waals surface area contributed by atoms with Gasteiger partial charge in [0.25, 0.3) is 0 Å². The molecule has 2 saturated heterocycles. The Balaban J connectivity index is 1.28. The lowest BCUT2D eigenvalue weighted by atomic mass is 9.81. The van der Waals surface area contributed by atoms with E-state index in [9.17, 15) is 19.2 Å². The van der Waals surface area contributed by atoms with Gasteiger partial charge in [-0.15, -0.1) is 0 Å². The van der Waals surface area contributed by atoms with Crippen LogP contribution in [0.4, 0.5) is 11.4 Å². The maximum Gasteiger partial charge on any atom is 0.316 e. The Kier molecular flexibility index (Phi) is 6.51. The SMILES string of the molecule is CCOc1ccccc1N1C[C@@H](C(=O)Oc2ccc(N3C(=O)[C@H]4CCCC[C@H]4C3=O)c(C)c2)CC1=O. The van der Waals surface area contributed by atoms with Gasteiger partial charge in [0.15, 0.2) is 0 Å². The fraction of sp³-hybridized carbons (Fsp3) is 0.429. The number of esters is 1. The maximum absolute atomic E-state index is 13.0. The number of rotatable bonds is 6. The summed E-state index contributed by atoms with van der Waals surface area (Å²) in [5.74, 6) is -1.06. The first-order valence-corrected chi connectivity index (χ1v) is 12.6. The third-order valence-corrected chi connectivity index (χ3v) is 7.38. The summed E-state index contributed by atoms with van der Waals surface area (Å²) < 4.78 is 11.3. The van der Waals surface area contributed by atoms with E-state index in [0.29, 0.717) is 35.0 Å². The first-order valence-electron chi connectivity index (χ1n) is 12.6. The number of para-hydroxylation sites is 2. The van der Waals surface area contributed by atoms with E-state index in [1.807, 2.05) is 19.1 Å². The minimum Gasteiger partial charge on any atom is -0.492 e. The van der Waals surface area contributed by atoms with Crippen molar-refractivity contribution < 1.29 is 28.7 Å². The van der Waals surface area contributed by atoms with E-state index >= 15 is 0 Å². The van der Waals surface area contributed by atoms with Gasteiger partial charge in [-0.2, -0.15) is 0 Å². The number of anilines is 2. The topological polar surface area (TPSA) is 93.2 Å². The van der Waals surface area contributed by atoms with Crippen LogP contribution in [0.1, 0.15) is 44.6 Å². The van der Waals surface area contributed by atoms with Crippen LogP contribution in [0.15, 0.2) is 42.5 Å². The first kappa shape index (κ1) is 24.0. The molecule has 188 valence electrons. The summed E-state index contributed by atoms with van der Waals surface area (Å²) in [6.45, 7) is 4.34. The highest BCUT2D eigenvalue weighted by molar-refractivity contribution is 6.22. The number of fused-ring (bicyclic) bond motifs is 1. The van der Waals surface area contributed by atoms with Gasteiger partial charge in [0.2, 0.25) is 17.7 Å². The molecule has 5 rings (SSSR count). The summed E-state index contributed by atoms with van der Waals surface area (Å²) in [5.41, 5.74) is 1.85. The van der Waals surface area contributed by atoms with Crippen LogP contribution in [-0.2, 0) is 19.2 Å². The second-order valence-electron chi connectivity index (χ2n) is 9.68. The fourth-order valence-corrected chi connectivity index (χ4v) is 5.60. The van der Waals surface area contributed by atoms with Crippen molar-refractivity contribution in [2.45, 2.75) is 46.0 Å². The minimum absolute atomic E-state index is 0.0515. The molecule has 0 bridgehead atoms. The third-order valence-electron chi connectivity index (χ3n) is 7.38. The Labute approximate surface area is 210 Å². The molecule has 0 N–H and O–H groups in total. The molecule has 8 heteroatoms. The molecular formula is C28H30N2O6. The van der Waals surface area contributed by atoms with E-state index in [4.69, 9.17) is 9.47 Å². The fourth-order valence-electron chi connectivity index (χ4n) is 5.60. The van der Waals surface area contributed by atoms with Crippen molar-refractivity contribution in [2.75, 3.05) is 23.0 Å². The number of imide groups is 1. The molecule has 3 aliphatic rings. The van der Waals surface area contributed by atoms with Crippen LogP contribution in [0.25, 0.3) is 0 Å². The zero-order valence-electron chi connectivity index (χ0n) is 20.6. The zero-order valence-corrected chi connectivity index (χ0v) is 20.6. The number of nitrogens with zero attached hydrogens (tertiary/aromatic N) is 2. The molecule has 1 aliphatic carbocycles. The number of amides is 3. The van der Waals surface area contributed by atoms with Gasteiger partial charge in [-0.3, -0.25) is 19.2 Å². The van der Waals surface area contributed by atoms with Crippen LogP contribution in [0.2, 0.25) is 0 Å². The van der Waals surface area contributed by atoms with Crippen molar-refractivity contribution in [2.24, 2.45) is 17.8 Å². The maximum atomic E-state index is 13.0. The molecule has 8 nitrogen and oxygen atoms in total. The van der Waals surface area contributed by atoms with Crippen LogP contribution in [-0.4, -0.2) is 36.8 Å². The van der Waals surface area contributed by atoms with Gasteiger partial charge < -0.3 is 14.4 Å². The van der Waals surface area contributed by atoms with Gasteiger partial charge in [-0.05, 0) is 62.6 Å². The predicted molar refractivity (Wildman–Crippen MR) is 133 cm³/mol. The molecule has 0 unspecified atom stereocenters. The molecule has 1 saturated carbocycles. The number of hydrogen-bond acceptors (Lipinski definition) is 6. The Bertz CT molecular complexity index is 1200. The lowest BCUT2D eigenvalue weighted by molar-refractivity contribution is -0.139. The zero-order chi connectivity index (χ0) is 25.4. The number of ether oxygens (including phenoxy) is 2. The second-order valence-corrected chi connectivity index (χ2v) is 9.68. The third kappa shape index (κ3) is 4.25. The molecule has 0 spiro atoms. The van der Waals surface area contributed by atoms with Gasteiger partial charge in [0.05, 0.1) is 35.7 Å². The van der Waals surface area contributed by atoms with Crippen molar-refractivity contribution >= 4 is 35.1 Å². The average molecular weight is 491 g/mol. The number of aryl methyl sites for hydroxylation is 1. The summed E-state index contributed by atoms with van der Waals surface area (Å²) in [4.78, 5) is 54.4. The minimum atomic E-state index is -0.614. The molecule has 3 atom stereocenters. The monoisotopic (exact) mass is 490 g/mol. The lowest BCUT2D eigenvalue weighted by Gasteiger charge is -2.20. The highest BCUT2D eigenvalue weighted by atomic mass is 16.5. The Hall–Kier alpha value is -3.68. The smallest absolute Gasteiger partial charge is 0.316 e. The van der Waals surface area contributed by atoms with Crippen LogP contribution < -0.4 is 19.3 Å². The van der Waals surface area contributed by atoms with Crippen LogP contribution in [0.5, 0.6) is 11.5 Å². The quantitative estimate of drug-likeness (QED) is 0.345. The van der Waals surface area contributed by atoms with Crippen LogP contribution >= 0.6 is 0 Å². The highest BCUT2D eigenvalue weighted by Gasteiger charge is 2.49. The number of benzene rings is 2. The van der Waals surface area contributed by atoms with Gasteiger partial charge in [0.1, 0.15) is 11.5 Å². The van der Waals surface area contributed by atoms with E-state index < -0.39 is 11.9 Å². The molecule has 2 aliphatic heterocycles. The highest BCUT2D eigenvalue weighted by Crippen LogP contribution is 2.41. The number of carbonyl (C=O) groups excluding carboxylic acids is 4. The molecule has 3 fully saturated rings. The molecular weight excluding hydrogens is 460 g/mol. The van der Waals surface area contributed by atoms with E-state index in [1.54, 1.807) is 42.2 Å². The summed E-state index contributed by atoms with van der Waals surface area (Å²) in [6.07, 6.45) is 3.51. The van der Waals surface area contributed by atoms with Gasteiger partial charge in [-0.25, -0.2) is 4.90 Å². The Morgan fingerprint density at radius 2 is 1.67 bits per heavy atom. The van der Waals surface area contributed by atoms with Gasteiger partial charge in [-0.1, -0.05) is 25.0 Å². The summed E-state index contributed by atoms with van der Waals surface area (Å²) in [7, 11) is 0. The second kappa shape index (κ2) is 9.76. The standard InChI is InChI=1S/C28H30N2O6/c1-3-35-24-11-7-6-10-23(24)29-16-18(15-25(29)31)28(34)36-19-12-13-22(17(2)14-19)30-26(32)20-8-4-5-9-21(20)27(30)33/h6-7,10-14,18,20-21H,3-5,8-9,15-16H2,1-2H3/t18-,20-,21+/m0/s1. The van der Waals surface area contributed by atoms with Crippen molar-refractivity contribution in [1.82, 2.24) is 0 Å². The van der Waals surface area contributed by atoms with E-state index in [1.165, 1.54) is 4.90 Å². The number of carbonyl (C=O) groups is 4. The summed E-state index contributed by atoms with van der Waals surface area (Å²) in [6, 6.07) is 12.2. The average Bonchev–Trinajstić information content (AvgIpc) is 3.38. The predicted octanol–water partition coefficient (Wildman–Crippen LogP) is 4.03. The van der Waals surface area contributed by atoms with Gasteiger partial charge in [0, 0.05) is 13.0 Å². The van der Waals surface area contributed by atoms with Crippen LogP contribution in [0.3, 0.4) is 0 Å². The van der Waals surface area contributed by atoms with E-state index in [2.05, 4.69) is 0 Å². The van der Waals surface area contributed by atoms with E-state index in [0.717, 1.165) is 25.7 Å². The summed E-state index contributed by atoms with van der Waals surface area (Å²) >= 11 is 0. The summed E-state index contributed by atoms with van der Waals surface area (Å²) in [5, 5.41) is 0. The Morgan fingerprint density at radius 1 is 0.972 bits per heavy atom. The molecule has 2 aromatic rings. The van der Waals surface area contributed by atoms with Crippen molar-refractivity contribution in [3.8, 4) is 11.5 Å². The molecule has 3 amide bonds. The van der Waals surface area contributed by atoms with Gasteiger partial charge >= 0.3 is 5.97 Å². The normalized spacial score (nSPS) is 23.7. The molecule has 2 aromatic carbocycles. The number of hydrogen-bond donors (Lipinski definition) is 0. The van der Waals surface area contributed by atoms with Crippen LogP contribution in [0, 0.1) is 24.7 Å². The van der Waals surface area contributed by atoms with Crippen molar-refractivity contribution in [1.29, 1.82) is 0 Å². The first-order chi connectivity index (χ1) is 17.4. The van der Waals surface area contributed by atoms with Crippen molar-refractivity contribution in [3.63, 3.8) is 0 Å². The Morgan fingerprint density at radius 3 is 2.33 bits per heavy atom. The lowest BCUT2D eigenvalue weighted by Crippen LogP contribution is -2.31. The van der Waals surface area contributed by atoms with E-state index in [-0.39, 0.29) is 42.5 Å². The molecule has 36 heavy (non-hydrogen) atoms. The molecule has 2 heterocycles. The van der Waals surface area contributed by atoms with Crippen molar-refractivity contribution in [3.05, 3.63) is 48.0 Å². The molecule has 0 radical (unpaired) electrons. The molecule has 0 aromatic heterocycles.